The van der Waals surface area contributed by atoms with Gasteiger partial charge in [0.1, 0.15) is 91.0 Å². The number of furan rings is 5. The minimum absolute atomic E-state index is 0.860. The highest BCUT2D eigenvalue weighted by Gasteiger charge is 2.28. The van der Waals surface area contributed by atoms with Crippen LogP contribution in [0.5, 0.6) is 0 Å². The SMILES string of the molecule is Cc1ccc2c(oc3c2ccc2cccnc23)c1-c1cccc[n+]1C.Cc1ccc2c(oc3c4ccccc4ncc23)c1-c1cccc[n+]1C.Cc1ccc2c(oc3c4cccnc4ccc23)c1-c1cccc[n+]1C.Cc1ccc2c(oc3c4ccncc4ccc23)c1-c1cccc[n+]1C.Cc1ccc2c(oc3c4cnccc4ccc23)c1-c1cccc[n+]1C. The molecule has 0 amide bonds. The number of para-hydroxylation sites is 1. The fourth-order valence-electron chi connectivity index (χ4n) is 18.2. The standard InChI is InChI=1S/5C22H17N2O/c1-14-8-10-16-17-11-9-15-6-5-12-23-20(15)22(17)25-21(16)19(14)18-7-3-4-13-24(18)2;1-14-8-9-16-15-10-11-18-17(6-5-12-23-18)21(15)25-22(16)20(14)19-7-3-4-13-24(19)2;1-14-10-11-15-17-13-23-18-8-4-3-7-16(18)21(17)25-22(15)20(14)19-9-5-6-12-24(19)2;1-14-6-8-18-17-9-7-15-13-23-11-10-16(15)21(17)25-22(18)20(14)19-5-3-4-12-24(19)2;1-14-6-8-17-16-9-7-15-10-11-23-13-18(15)21(16)25-22(17)20(14)19-5-3-4-12-24(19)2/h5*3-13H,1-2H3/q5*+1. The fraction of sp³-hybridized carbons (Fsp3) is 0.0909. The summed E-state index contributed by atoms with van der Waals surface area (Å²) in [6.07, 6.45) is 23.3. The van der Waals surface area contributed by atoms with Crippen LogP contribution in [0.4, 0.5) is 0 Å². The van der Waals surface area contributed by atoms with Crippen LogP contribution in [0.25, 0.3) is 220 Å². The summed E-state index contributed by atoms with van der Waals surface area (Å²) in [6.45, 7) is 10.7. The van der Waals surface area contributed by atoms with Crippen LogP contribution in [-0.4, -0.2) is 24.9 Å². The summed E-state index contributed by atoms with van der Waals surface area (Å²) >= 11 is 0. The third kappa shape index (κ3) is 13.1. The van der Waals surface area contributed by atoms with E-state index in [0.717, 1.165) is 220 Å². The molecular formula is C110H85N10O5+5. The second-order valence-corrected chi connectivity index (χ2v) is 32.3. The van der Waals surface area contributed by atoms with Gasteiger partial charge in [-0.05, 0) is 171 Å². The Balaban J connectivity index is 0.0000000956. The first kappa shape index (κ1) is 76.4. The Kier molecular flexibility index (Phi) is 19.1. The normalized spacial score (nSPS) is 11.6. The molecule has 0 unspecified atom stereocenters. The first-order valence-electron chi connectivity index (χ1n) is 41.9. The van der Waals surface area contributed by atoms with E-state index in [1.54, 1.807) is 0 Å². The maximum atomic E-state index is 6.45. The minimum Gasteiger partial charge on any atom is -0.454 e. The first-order valence-corrected chi connectivity index (χ1v) is 41.9. The lowest BCUT2D eigenvalue weighted by Gasteiger charge is -2.04. The summed E-state index contributed by atoms with van der Waals surface area (Å²) < 4.78 is 42.8. The average molecular weight is 1630 g/mol. The van der Waals surface area contributed by atoms with E-state index in [1.807, 2.05) is 116 Å². The maximum absolute atomic E-state index is 6.45. The van der Waals surface area contributed by atoms with Gasteiger partial charge in [-0.3, -0.25) is 24.9 Å². The Hall–Kier alpha value is -16.0. The van der Waals surface area contributed by atoms with Crippen LogP contribution < -0.4 is 22.8 Å². The zero-order valence-electron chi connectivity index (χ0n) is 70.8. The van der Waals surface area contributed by atoms with Gasteiger partial charge in [0.25, 0.3) is 0 Å². The quantitative estimate of drug-likeness (QED) is 0.152. The molecule has 15 nitrogen and oxygen atoms in total. The van der Waals surface area contributed by atoms with Crippen molar-refractivity contribution >= 4 is 164 Å². The Labute approximate surface area is 718 Å². The van der Waals surface area contributed by atoms with Crippen molar-refractivity contribution in [3.8, 4) is 56.3 Å². The number of hydrogen-bond donors (Lipinski definition) is 0. The van der Waals surface area contributed by atoms with E-state index in [9.17, 15) is 0 Å². The van der Waals surface area contributed by atoms with Crippen LogP contribution in [0.15, 0.2) is 357 Å². The Morgan fingerprint density at radius 1 is 0.200 bits per heavy atom. The van der Waals surface area contributed by atoms with Gasteiger partial charge in [-0.15, -0.1) is 0 Å². The molecule has 0 saturated carbocycles. The second-order valence-electron chi connectivity index (χ2n) is 32.3. The van der Waals surface area contributed by atoms with Gasteiger partial charge in [0.15, 0.2) is 36.6 Å². The summed E-state index contributed by atoms with van der Waals surface area (Å²) in [5.74, 6) is 0. The average Bonchev–Trinajstić information content (AvgIpc) is 1.61. The fourth-order valence-corrected chi connectivity index (χ4v) is 18.2. The molecule has 0 bridgehead atoms. The lowest BCUT2D eigenvalue weighted by atomic mass is 10.00. The van der Waals surface area contributed by atoms with E-state index in [0.29, 0.717) is 0 Å². The van der Waals surface area contributed by atoms with Gasteiger partial charge in [-0.25, -0.2) is 22.8 Å². The molecule has 15 heterocycles. The van der Waals surface area contributed by atoms with Gasteiger partial charge in [0.05, 0.1) is 38.9 Å². The van der Waals surface area contributed by atoms with E-state index < -0.39 is 0 Å². The van der Waals surface area contributed by atoms with Crippen LogP contribution in [-0.2, 0) is 35.2 Å². The molecule has 15 aromatic heterocycles. The smallest absolute Gasteiger partial charge is 0.216 e. The number of aryl methyl sites for hydroxylation is 10. The lowest BCUT2D eigenvalue weighted by Crippen LogP contribution is -2.30. The molecule has 125 heavy (non-hydrogen) atoms. The van der Waals surface area contributed by atoms with Crippen LogP contribution in [0.3, 0.4) is 0 Å². The molecule has 0 aliphatic heterocycles. The number of nitrogens with zero attached hydrogens (tertiary/aromatic N) is 10. The van der Waals surface area contributed by atoms with Crippen molar-refractivity contribution in [1.82, 2.24) is 24.9 Å². The van der Waals surface area contributed by atoms with Gasteiger partial charge in [-0.2, -0.15) is 0 Å². The Morgan fingerprint density at radius 3 is 1.00 bits per heavy atom. The molecule has 0 fully saturated rings. The summed E-state index contributed by atoms with van der Waals surface area (Å²) in [5.41, 5.74) is 29.5. The molecule has 0 radical (unpaired) electrons. The van der Waals surface area contributed by atoms with E-state index in [4.69, 9.17) is 22.1 Å². The monoisotopic (exact) mass is 1630 g/mol. The molecule has 15 heteroatoms. The summed E-state index contributed by atoms with van der Waals surface area (Å²) in [5, 5.41) is 18.9. The first-order chi connectivity index (χ1) is 61.2. The number of pyridine rings is 10. The molecule has 0 aliphatic carbocycles. The predicted molar refractivity (Wildman–Crippen MR) is 502 cm³/mol. The van der Waals surface area contributed by atoms with E-state index in [1.165, 1.54) is 27.8 Å². The Bertz CT molecular complexity index is 7500. The molecule has 0 aliphatic rings. The highest BCUT2D eigenvalue weighted by molar-refractivity contribution is 6.22. The predicted octanol–water partition coefficient (Wildman–Crippen LogP) is 24.7. The molecule has 0 spiro atoms. The Morgan fingerprint density at radius 2 is 0.528 bits per heavy atom. The zero-order chi connectivity index (χ0) is 84.8. The zero-order valence-corrected chi connectivity index (χ0v) is 70.8. The lowest BCUT2D eigenvalue weighted by molar-refractivity contribution is -0.660. The molecule has 0 atom stereocenters. The van der Waals surface area contributed by atoms with E-state index >= 15 is 0 Å². The van der Waals surface area contributed by atoms with Crippen LogP contribution in [0.2, 0.25) is 0 Å². The molecular weight excluding hydrogens is 1540 g/mol. The van der Waals surface area contributed by atoms with Crippen molar-refractivity contribution < 1.29 is 44.9 Å². The van der Waals surface area contributed by atoms with Crippen molar-refractivity contribution in [2.45, 2.75) is 34.6 Å². The van der Waals surface area contributed by atoms with Crippen molar-refractivity contribution in [3.63, 3.8) is 0 Å². The second kappa shape index (κ2) is 31.2. The van der Waals surface area contributed by atoms with Gasteiger partial charge in [0, 0.05) is 190 Å². The van der Waals surface area contributed by atoms with Crippen LogP contribution in [0.1, 0.15) is 27.8 Å². The van der Waals surface area contributed by atoms with Gasteiger partial charge in [0.2, 0.25) is 28.5 Å². The number of aromatic nitrogens is 10. The highest BCUT2D eigenvalue weighted by atomic mass is 16.3. The van der Waals surface area contributed by atoms with Gasteiger partial charge in [-0.1, -0.05) is 97.1 Å². The third-order valence-corrected chi connectivity index (χ3v) is 24.6. The maximum Gasteiger partial charge on any atom is 0.216 e. The van der Waals surface area contributed by atoms with Gasteiger partial charge < -0.3 is 22.1 Å². The molecule has 0 saturated heterocycles. The van der Waals surface area contributed by atoms with Crippen molar-refractivity contribution in [3.05, 3.63) is 363 Å². The summed E-state index contributed by atoms with van der Waals surface area (Å²) in [4.78, 5) is 22.1. The summed E-state index contributed by atoms with van der Waals surface area (Å²) in [6, 6.07) is 90.0. The molecule has 0 N–H and O–H groups in total. The van der Waals surface area contributed by atoms with Crippen LogP contribution >= 0.6 is 0 Å². The molecule has 600 valence electrons. The number of rotatable bonds is 5. The molecule has 25 rings (SSSR count). The topological polar surface area (TPSA) is 150 Å². The van der Waals surface area contributed by atoms with Crippen molar-refractivity contribution in [1.29, 1.82) is 0 Å². The molecule has 10 aromatic carbocycles. The third-order valence-electron chi connectivity index (χ3n) is 24.6. The number of fused-ring (bicyclic) bond motifs is 25. The largest absolute Gasteiger partial charge is 0.454 e. The number of benzene rings is 10. The van der Waals surface area contributed by atoms with E-state index in [-0.39, 0.29) is 0 Å². The highest BCUT2D eigenvalue weighted by Crippen LogP contribution is 2.46. The van der Waals surface area contributed by atoms with Crippen molar-refractivity contribution in [2.24, 2.45) is 35.2 Å². The minimum atomic E-state index is 0.860. The number of hydrogen-bond acceptors (Lipinski definition) is 10. The van der Waals surface area contributed by atoms with Crippen molar-refractivity contribution in [2.75, 3.05) is 0 Å². The van der Waals surface area contributed by atoms with Crippen LogP contribution in [0, 0.1) is 34.6 Å². The molecule has 25 aromatic rings. The van der Waals surface area contributed by atoms with Gasteiger partial charge >= 0.3 is 0 Å². The van der Waals surface area contributed by atoms with E-state index in [2.05, 4.69) is 337 Å². The summed E-state index contributed by atoms with van der Waals surface area (Å²) in [7, 11) is 10.3.